The molecule has 6 nitrogen and oxygen atoms in total. The summed E-state index contributed by atoms with van der Waals surface area (Å²) in [5.41, 5.74) is -0.304. The molecule has 0 aliphatic heterocycles. The molecule has 0 radical (unpaired) electrons. The van der Waals surface area contributed by atoms with Crippen molar-refractivity contribution in [2.45, 2.75) is 0 Å². The summed E-state index contributed by atoms with van der Waals surface area (Å²) < 4.78 is 1.29. The van der Waals surface area contributed by atoms with E-state index in [1.165, 1.54) is 3.57 Å². The second-order valence-electron chi connectivity index (χ2n) is 3.33. The smallest absolute Gasteiger partial charge is 0.258 e. The van der Waals surface area contributed by atoms with Gasteiger partial charge in [-0.3, -0.25) is 20.2 Å². The van der Waals surface area contributed by atoms with Crippen molar-refractivity contribution in [1.29, 1.82) is 0 Å². The van der Waals surface area contributed by atoms with E-state index in [4.69, 9.17) is 0 Å². The molecule has 98 valence electrons. The monoisotopic (exact) mass is 372 g/mol. The Bertz CT molecular complexity index is 525. The predicted molar refractivity (Wildman–Crippen MR) is 78.9 cm³/mol. The Labute approximate surface area is 122 Å². The number of nitrogens with zero attached hydrogens (tertiary/aromatic N) is 2. The van der Waals surface area contributed by atoms with Crippen LogP contribution in [0.2, 0.25) is 0 Å². The molecule has 7 heteroatoms. The van der Waals surface area contributed by atoms with E-state index in [-0.39, 0.29) is 11.4 Å². The molecule has 0 spiro atoms. The molecule has 0 fully saturated rings. The number of hydrogen-bond donors (Lipinski definition) is 0. The largest absolute Gasteiger partial charge is 0.269 e. The highest BCUT2D eigenvalue weighted by atomic mass is 127. The molecule has 0 bridgehead atoms. The van der Waals surface area contributed by atoms with Crippen LogP contribution in [0, 0.1) is 23.8 Å². The Morgan fingerprint density at radius 3 is 1.32 bits per heavy atom. The highest BCUT2D eigenvalue weighted by Crippen LogP contribution is 2.16. The number of nitro benzene ring substituents is 2. The van der Waals surface area contributed by atoms with Gasteiger partial charge in [0.2, 0.25) is 0 Å². The summed E-state index contributed by atoms with van der Waals surface area (Å²) in [5, 5.41) is 20.2. The van der Waals surface area contributed by atoms with Gasteiger partial charge in [0.1, 0.15) is 0 Å². The van der Waals surface area contributed by atoms with E-state index >= 15 is 0 Å². The third-order valence-corrected chi connectivity index (χ3v) is 2.72. The molecule has 19 heavy (non-hydrogen) atoms. The van der Waals surface area contributed by atoms with Crippen LogP contribution in [-0.2, 0) is 0 Å². The molecule has 0 saturated carbocycles. The minimum absolute atomic E-state index is 0.152. The van der Waals surface area contributed by atoms with Crippen LogP contribution in [0.25, 0.3) is 0 Å². The lowest BCUT2D eigenvalue weighted by Crippen LogP contribution is -1.90. The molecule has 2 rings (SSSR count). The molecule has 0 amide bonds. The van der Waals surface area contributed by atoms with Crippen molar-refractivity contribution in [3.63, 3.8) is 0 Å². The number of non-ortho nitro benzene ring substituents is 2. The van der Waals surface area contributed by atoms with Gasteiger partial charge in [-0.1, -0.05) is 18.2 Å². The SMILES string of the molecule is Ic1ccccc1.O=[N+]([O-])c1ccc([N+](=O)[O-])cc1. The number of halogens is 1. The van der Waals surface area contributed by atoms with Crippen LogP contribution in [0.3, 0.4) is 0 Å². The van der Waals surface area contributed by atoms with Gasteiger partial charge in [-0.25, -0.2) is 0 Å². The van der Waals surface area contributed by atoms with E-state index in [1.54, 1.807) is 0 Å². The van der Waals surface area contributed by atoms with E-state index in [9.17, 15) is 20.2 Å². The predicted octanol–water partition coefficient (Wildman–Crippen LogP) is 3.79. The van der Waals surface area contributed by atoms with E-state index in [0.717, 1.165) is 24.3 Å². The highest BCUT2D eigenvalue weighted by Gasteiger charge is 2.08. The normalized spacial score (nSPS) is 9.11. The summed E-state index contributed by atoms with van der Waals surface area (Å²) in [6.07, 6.45) is 0. The van der Waals surface area contributed by atoms with Gasteiger partial charge in [-0.05, 0) is 34.7 Å². The summed E-state index contributed by atoms with van der Waals surface area (Å²) in [5.74, 6) is 0. The van der Waals surface area contributed by atoms with Crippen LogP contribution < -0.4 is 0 Å². The summed E-state index contributed by atoms with van der Waals surface area (Å²) in [6, 6.07) is 14.6. The number of nitro groups is 2. The fourth-order valence-electron chi connectivity index (χ4n) is 1.11. The summed E-state index contributed by atoms with van der Waals surface area (Å²) in [6.45, 7) is 0. The average molecular weight is 372 g/mol. The molecular weight excluding hydrogens is 363 g/mol. The maximum Gasteiger partial charge on any atom is 0.269 e. The van der Waals surface area contributed by atoms with Gasteiger partial charge < -0.3 is 0 Å². The zero-order chi connectivity index (χ0) is 14.3. The first-order chi connectivity index (χ1) is 9.00. The van der Waals surface area contributed by atoms with Crippen molar-refractivity contribution in [3.05, 3.63) is 78.4 Å². The number of hydrogen-bond acceptors (Lipinski definition) is 4. The molecule has 0 aliphatic carbocycles. The lowest BCUT2D eigenvalue weighted by Gasteiger charge is -1.90. The first-order valence-electron chi connectivity index (χ1n) is 5.10. The van der Waals surface area contributed by atoms with Crippen molar-refractivity contribution >= 4 is 34.0 Å². The van der Waals surface area contributed by atoms with Crippen LogP contribution in [0.1, 0.15) is 0 Å². The molecule has 0 saturated heterocycles. The Morgan fingerprint density at radius 2 is 1.11 bits per heavy atom. The van der Waals surface area contributed by atoms with Gasteiger partial charge >= 0.3 is 0 Å². The number of rotatable bonds is 2. The average Bonchev–Trinajstić information content (AvgIpc) is 2.40. The van der Waals surface area contributed by atoms with Gasteiger partial charge in [0.05, 0.1) is 9.85 Å². The Balaban J connectivity index is 0.000000218. The van der Waals surface area contributed by atoms with Crippen LogP contribution >= 0.6 is 22.6 Å². The quantitative estimate of drug-likeness (QED) is 0.456. The van der Waals surface area contributed by atoms with Crippen molar-refractivity contribution in [1.82, 2.24) is 0 Å². The fourth-order valence-corrected chi connectivity index (χ4v) is 1.53. The molecule has 2 aromatic rings. The van der Waals surface area contributed by atoms with Gasteiger partial charge in [-0.15, -0.1) is 0 Å². The van der Waals surface area contributed by atoms with Gasteiger partial charge in [-0.2, -0.15) is 0 Å². The molecule has 0 aliphatic rings. The van der Waals surface area contributed by atoms with Crippen molar-refractivity contribution in [2.24, 2.45) is 0 Å². The lowest BCUT2D eigenvalue weighted by molar-refractivity contribution is -0.389. The van der Waals surface area contributed by atoms with Crippen LogP contribution in [0.15, 0.2) is 54.6 Å². The first kappa shape index (κ1) is 15.0. The second kappa shape index (κ2) is 7.41. The molecular formula is C12H9IN2O4. The zero-order valence-corrected chi connectivity index (χ0v) is 11.8. The van der Waals surface area contributed by atoms with E-state index in [2.05, 4.69) is 34.7 Å². The standard InChI is InChI=1S/C6H5I.C6H4N2O4/c7-6-4-2-1-3-5-6;9-7(10)5-1-2-6(4-3-5)8(11)12/h1-5H;1-4H. The molecule has 0 aromatic heterocycles. The van der Waals surface area contributed by atoms with Crippen LogP contribution in [0.4, 0.5) is 11.4 Å². The maximum absolute atomic E-state index is 10.1. The summed E-state index contributed by atoms with van der Waals surface area (Å²) in [7, 11) is 0. The number of benzene rings is 2. The van der Waals surface area contributed by atoms with Crippen LogP contribution in [0.5, 0.6) is 0 Å². The first-order valence-corrected chi connectivity index (χ1v) is 6.18. The lowest BCUT2D eigenvalue weighted by atomic mass is 10.3. The third-order valence-electron chi connectivity index (χ3n) is 2.00. The molecule has 0 atom stereocenters. The van der Waals surface area contributed by atoms with Crippen LogP contribution in [-0.4, -0.2) is 9.85 Å². The Morgan fingerprint density at radius 1 is 0.737 bits per heavy atom. The summed E-state index contributed by atoms with van der Waals surface area (Å²) in [4.78, 5) is 19.0. The highest BCUT2D eigenvalue weighted by molar-refractivity contribution is 14.1. The summed E-state index contributed by atoms with van der Waals surface area (Å²) >= 11 is 2.28. The maximum atomic E-state index is 10.1. The van der Waals surface area contributed by atoms with E-state index < -0.39 is 9.85 Å². The molecule has 0 N–H and O–H groups in total. The zero-order valence-electron chi connectivity index (χ0n) is 9.60. The Hall–Kier alpha value is -2.03. The van der Waals surface area contributed by atoms with E-state index in [1.807, 2.05) is 18.2 Å². The fraction of sp³-hybridized carbons (Fsp3) is 0. The van der Waals surface area contributed by atoms with Crippen molar-refractivity contribution in [3.8, 4) is 0 Å². The van der Waals surface area contributed by atoms with Gasteiger partial charge in [0.15, 0.2) is 0 Å². The third kappa shape index (κ3) is 5.42. The van der Waals surface area contributed by atoms with E-state index in [0.29, 0.717) is 0 Å². The minimum atomic E-state index is -0.607. The molecule has 0 unspecified atom stereocenters. The van der Waals surface area contributed by atoms with Gasteiger partial charge in [0.25, 0.3) is 11.4 Å². The van der Waals surface area contributed by atoms with Crippen molar-refractivity contribution in [2.75, 3.05) is 0 Å². The van der Waals surface area contributed by atoms with Gasteiger partial charge in [0, 0.05) is 27.8 Å². The van der Waals surface area contributed by atoms with Crippen molar-refractivity contribution < 1.29 is 9.85 Å². The Kier molecular flexibility index (Phi) is 5.86. The topological polar surface area (TPSA) is 86.3 Å². The second-order valence-corrected chi connectivity index (χ2v) is 4.57. The molecule has 0 heterocycles. The minimum Gasteiger partial charge on any atom is -0.258 e. The molecule has 2 aromatic carbocycles.